The number of hydrogen-bond acceptors (Lipinski definition) is 5. The molecule has 2 aromatic carbocycles. The maximum Gasteiger partial charge on any atom is 0.329 e. The second-order valence-electron chi connectivity index (χ2n) is 8.57. The van der Waals surface area contributed by atoms with Crippen LogP contribution in [0.2, 0.25) is 0 Å². The molecule has 0 saturated carbocycles. The fourth-order valence-electron chi connectivity index (χ4n) is 4.33. The number of nitrogens with one attached hydrogen (secondary N) is 1. The van der Waals surface area contributed by atoms with Crippen LogP contribution >= 0.6 is 0 Å². The molecule has 3 aromatic rings. The van der Waals surface area contributed by atoms with Crippen LogP contribution in [-0.2, 0) is 21.4 Å². The molecule has 1 aromatic heterocycles. The second-order valence-corrected chi connectivity index (χ2v) is 10.5. The third kappa shape index (κ3) is 4.47. The van der Waals surface area contributed by atoms with Crippen LogP contribution in [0.5, 0.6) is 5.75 Å². The molecule has 34 heavy (non-hydrogen) atoms. The van der Waals surface area contributed by atoms with E-state index < -0.39 is 15.9 Å². The van der Waals surface area contributed by atoms with Gasteiger partial charge in [-0.3, -0.25) is 13.9 Å². The van der Waals surface area contributed by atoms with Gasteiger partial charge in [-0.1, -0.05) is 12.1 Å². The van der Waals surface area contributed by atoms with E-state index in [9.17, 15) is 18.0 Å². The summed E-state index contributed by atoms with van der Waals surface area (Å²) in [4.78, 5) is 26.3. The topological polar surface area (TPSA) is 103 Å². The zero-order valence-corrected chi connectivity index (χ0v) is 20.5. The zero-order chi connectivity index (χ0) is 24.5. The Morgan fingerprint density at radius 3 is 2.47 bits per heavy atom. The average Bonchev–Trinajstić information content (AvgIpc) is 3.43. The lowest BCUT2D eigenvalue weighted by atomic mass is 10.3. The molecule has 4 rings (SSSR count). The Morgan fingerprint density at radius 2 is 1.79 bits per heavy atom. The number of rotatable bonds is 8. The molecule has 2 heterocycles. The smallest absolute Gasteiger partial charge is 0.329 e. The molecule has 9 nitrogen and oxygen atoms in total. The van der Waals surface area contributed by atoms with Gasteiger partial charge in [0, 0.05) is 19.1 Å². The quantitative estimate of drug-likeness (QED) is 0.527. The summed E-state index contributed by atoms with van der Waals surface area (Å²) in [6, 6.07) is 11.6. The van der Waals surface area contributed by atoms with Crippen molar-refractivity contribution in [2.75, 3.05) is 25.0 Å². The third-order valence-electron chi connectivity index (χ3n) is 5.92. The minimum absolute atomic E-state index is 0.124. The van der Waals surface area contributed by atoms with E-state index in [1.807, 2.05) is 26.8 Å². The summed E-state index contributed by atoms with van der Waals surface area (Å²) in [5, 5.41) is 2.80. The number of carbonyl (C=O) groups is 1. The Labute approximate surface area is 199 Å². The van der Waals surface area contributed by atoms with Gasteiger partial charge in [0.1, 0.15) is 12.3 Å². The van der Waals surface area contributed by atoms with Gasteiger partial charge in [-0.05, 0) is 63.9 Å². The number of nitrogens with zero attached hydrogens (tertiary/aromatic N) is 3. The van der Waals surface area contributed by atoms with Crippen molar-refractivity contribution in [3.8, 4) is 5.75 Å². The summed E-state index contributed by atoms with van der Waals surface area (Å²) < 4.78 is 36.2. The number of aromatic nitrogens is 2. The molecule has 0 atom stereocenters. The molecule has 1 amide bonds. The van der Waals surface area contributed by atoms with E-state index in [1.165, 1.54) is 21.0 Å². The highest BCUT2D eigenvalue weighted by Crippen LogP contribution is 2.26. The van der Waals surface area contributed by atoms with E-state index in [1.54, 1.807) is 28.8 Å². The minimum Gasteiger partial charge on any atom is -0.492 e. The maximum atomic E-state index is 13.3. The van der Waals surface area contributed by atoms with E-state index in [4.69, 9.17) is 4.74 Å². The predicted molar refractivity (Wildman–Crippen MR) is 131 cm³/mol. The molecule has 0 unspecified atom stereocenters. The van der Waals surface area contributed by atoms with E-state index in [2.05, 4.69) is 5.32 Å². The highest BCUT2D eigenvalue weighted by atomic mass is 32.2. The Morgan fingerprint density at radius 1 is 1.09 bits per heavy atom. The van der Waals surface area contributed by atoms with E-state index in [0.717, 1.165) is 12.8 Å². The number of carbonyl (C=O) groups excluding carboxylic acids is 1. The normalized spacial score (nSPS) is 14.7. The van der Waals surface area contributed by atoms with E-state index >= 15 is 0 Å². The van der Waals surface area contributed by atoms with Crippen molar-refractivity contribution in [3.63, 3.8) is 0 Å². The number of para-hydroxylation sites is 2. The van der Waals surface area contributed by atoms with Gasteiger partial charge in [-0.25, -0.2) is 13.2 Å². The number of amides is 1. The molecular formula is C24H30N4O5S. The van der Waals surface area contributed by atoms with Crippen molar-refractivity contribution in [2.24, 2.45) is 0 Å². The van der Waals surface area contributed by atoms with Crippen molar-refractivity contribution < 1.29 is 17.9 Å². The number of benzene rings is 2. The first kappa shape index (κ1) is 24.0. The van der Waals surface area contributed by atoms with Crippen molar-refractivity contribution in [3.05, 3.63) is 52.9 Å². The van der Waals surface area contributed by atoms with Gasteiger partial charge in [-0.2, -0.15) is 4.31 Å². The first-order valence-electron chi connectivity index (χ1n) is 11.5. The molecule has 1 aliphatic rings. The van der Waals surface area contributed by atoms with Crippen LogP contribution in [0.25, 0.3) is 11.0 Å². The van der Waals surface area contributed by atoms with Crippen LogP contribution in [0.15, 0.2) is 52.2 Å². The van der Waals surface area contributed by atoms with E-state index in [-0.39, 0.29) is 23.2 Å². The summed E-state index contributed by atoms with van der Waals surface area (Å²) in [7, 11) is -3.67. The first-order valence-corrected chi connectivity index (χ1v) is 12.9. The van der Waals surface area contributed by atoms with Crippen LogP contribution < -0.4 is 15.7 Å². The SMILES string of the molecule is CCOc1ccccc1NC(=O)Cn1c(=O)n(C(C)C)c2ccc(S(=O)(=O)N3CCCC3)cc21. The Bertz CT molecular complexity index is 1370. The Hall–Kier alpha value is -3.11. The monoisotopic (exact) mass is 486 g/mol. The molecular weight excluding hydrogens is 456 g/mol. The summed E-state index contributed by atoms with van der Waals surface area (Å²) in [6.45, 7) is 6.76. The van der Waals surface area contributed by atoms with Crippen LogP contribution in [0.3, 0.4) is 0 Å². The molecule has 0 spiro atoms. The number of fused-ring (bicyclic) bond motifs is 1. The lowest BCUT2D eigenvalue weighted by molar-refractivity contribution is -0.116. The Kier molecular flexibility index (Phi) is 6.81. The van der Waals surface area contributed by atoms with Crippen molar-refractivity contribution in [1.82, 2.24) is 13.4 Å². The molecule has 1 fully saturated rings. The number of sulfonamides is 1. The minimum atomic E-state index is -3.67. The number of hydrogen-bond donors (Lipinski definition) is 1. The van der Waals surface area contributed by atoms with Gasteiger partial charge in [0.05, 0.1) is 28.2 Å². The number of anilines is 1. The van der Waals surface area contributed by atoms with Crippen LogP contribution in [0, 0.1) is 0 Å². The Balaban J connectivity index is 1.73. The predicted octanol–water partition coefficient (Wildman–Crippen LogP) is 3.21. The van der Waals surface area contributed by atoms with Gasteiger partial charge in [-0.15, -0.1) is 0 Å². The third-order valence-corrected chi connectivity index (χ3v) is 7.81. The van der Waals surface area contributed by atoms with Gasteiger partial charge in [0.25, 0.3) is 0 Å². The summed E-state index contributed by atoms with van der Waals surface area (Å²) in [5.74, 6) is 0.124. The molecule has 1 saturated heterocycles. The molecule has 182 valence electrons. The lowest BCUT2D eigenvalue weighted by Gasteiger charge is -2.16. The second kappa shape index (κ2) is 9.63. The van der Waals surface area contributed by atoms with Crippen LogP contribution in [0.4, 0.5) is 5.69 Å². The summed E-state index contributed by atoms with van der Waals surface area (Å²) >= 11 is 0. The molecule has 1 N–H and O–H groups in total. The largest absolute Gasteiger partial charge is 0.492 e. The molecule has 0 radical (unpaired) electrons. The summed E-state index contributed by atoms with van der Waals surface area (Å²) in [6.07, 6.45) is 1.67. The lowest BCUT2D eigenvalue weighted by Crippen LogP contribution is -2.30. The van der Waals surface area contributed by atoms with Crippen molar-refractivity contribution in [1.29, 1.82) is 0 Å². The van der Waals surface area contributed by atoms with Gasteiger partial charge >= 0.3 is 5.69 Å². The van der Waals surface area contributed by atoms with Gasteiger partial charge < -0.3 is 10.1 Å². The molecule has 0 aliphatic carbocycles. The fraction of sp³-hybridized carbons (Fsp3) is 0.417. The van der Waals surface area contributed by atoms with Gasteiger partial charge in [0.15, 0.2) is 0 Å². The number of imidazole rings is 1. The number of ether oxygens (including phenoxy) is 1. The standard InChI is InChI=1S/C24H30N4O5S/c1-4-33-22-10-6-5-9-19(22)25-23(29)16-27-21-15-18(34(31,32)26-13-7-8-14-26)11-12-20(21)28(17(2)3)24(27)30/h5-6,9-12,15,17H,4,7-8,13-14,16H2,1-3H3,(H,25,29). The molecule has 10 heteroatoms. The first-order chi connectivity index (χ1) is 16.2. The van der Waals surface area contributed by atoms with Crippen molar-refractivity contribution in [2.45, 2.75) is 51.1 Å². The fourth-order valence-corrected chi connectivity index (χ4v) is 5.87. The van der Waals surface area contributed by atoms with E-state index in [0.29, 0.717) is 42.2 Å². The van der Waals surface area contributed by atoms with Gasteiger partial charge in [0.2, 0.25) is 15.9 Å². The highest BCUT2D eigenvalue weighted by Gasteiger charge is 2.28. The highest BCUT2D eigenvalue weighted by molar-refractivity contribution is 7.89. The maximum absolute atomic E-state index is 13.3. The summed E-state index contributed by atoms with van der Waals surface area (Å²) in [5.41, 5.74) is 1.14. The van der Waals surface area contributed by atoms with Crippen molar-refractivity contribution >= 4 is 32.7 Å². The van der Waals surface area contributed by atoms with Crippen LogP contribution in [0.1, 0.15) is 39.7 Å². The average molecular weight is 487 g/mol. The zero-order valence-electron chi connectivity index (χ0n) is 19.7. The molecule has 1 aliphatic heterocycles. The molecule has 0 bridgehead atoms. The van der Waals surface area contributed by atoms with Crippen LogP contribution in [-0.4, -0.2) is 47.5 Å².